The number of hydrogen-bond acceptors (Lipinski definition) is 4. The van der Waals surface area contributed by atoms with E-state index in [-0.39, 0.29) is 10.8 Å². The number of nitrogens with zero attached hydrogens (tertiary/aromatic N) is 1. The second kappa shape index (κ2) is 10.4. The summed E-state index contributed by atoms with van der Waals surface area (Å²) in [4.78, 5) is 16.1. The number of carbonyl (C=O) groups is 1. The van der Waals surface area contributed by atoms with Crippen molar-refractivity contribution in [1.29, 1.82) is 0 Å². The van der Waals surface area contributed by atoms with E-state index in [1.165, 1.54) is 24.1 Å². The highest BCUT2D eigenvalue weighted by atomic mass is 32.2. The van der Waals surface area contributed by atoms with Crippen LogP contribution in [0, 0.1) is 0 Å². The van der Waals surface area contributed by atoms with E-state index >= 15 is 0 Å². The first-order chi connectivity index (χ1) is 16.0. The summed E-state index contributed by atoms with van der Waals surface area (Å²) in [5.41, 5.74) is 2.65. The number of sulfonamides is 1. The quantitative estimate of drug-likeness (QED) is 0.500. The number of anilines is 1. The molecule has 0 bridgehead atoms. The SMILES string of the molecule is COc1ccc(S(=O)(=O)N2CCCCCC2)cc1NC(=O)CCCc1c[nH]c2ccccc12. The summed E-state index contributed by atoms with van der Waals surface area (Å²) >= 11 is 0. The highest BCUT2D eigenvalue weighted by Gasteiger charge is 2.26. The molecule has 0 spiro atoms. The van der Waals surface area contributed by atoms with Crippen molar-refractivity contribution in [3.63, 3.8) is 0 Å². The number of H-pyrrole nitrogens is 1. The van der Waals surface area contributed by atoms with Gasteiger partial charge in [-0.2, -0.15) is 4.31 Å². The number of methoxy groups -OCH3 is 1. The fourth-order valence-electron chi connectivity index (χ4n) is 4.37. The Morgan fingerprint density at radius 1 is 1.09 bits per heavy atom. The van der Waals surface area contributed by atoms with Crippen LogP contribution < -0.4 is 10.1 Å². The Kier molecular flexibility index (Phi) is 7.35. The number of fused-ring (bicyclic) bond motifs is 1. The maximum absolute atomic E-state index is 13.2. The minimum absolute atomic E-state index is 0.169. The molecule has 1 fully saturated rings. The summed E-state index contributed by atoms with van der Waals surface area (Å²) < 4.78 is 33.2. The zero-order chi connectivity index (χ0) is 23.3. The molecule has 33 heavy (non-hydrogen) atoms. The first kappa shape index (κ1) is 23.3. The molecule has 8 heteroatoms. The van der Waals surface area contributed by atoms with Gasteiger partial charge in [0.05, 0.1) is 17.7 Å². The predicted molar refractivity (Wildman–Crippen MR) is 130 cm³/mol. The Morgan fingerprint density at radius 3 is 2.61 bits per heavy atom. The number of aryl methyl sites for hydroxylation is 1. The van der Waals surface area contributed by atoms with E-state index in [0.29, 0.717) is 37.4 Å². The van der Waals surface area contributed by atoms with Crippen LogP contribution in [0.5, 0.6) is 5.75 Å². The van der Waals surface area contributed by atoms with E-state index in [4.69, 9.17) is 4.74 Å². The average molecular weight is 470 g/mol. The lowest BCUT2D eigenvalue weighted by Gasteiger charge is -2.21. The third kappa shape index (κ3) is 5.39. The summed E-state index contributed by atoms with van der Waals surface area (Å²) in [6.07, 6.45) is 7.61. The molecule has 1 aliphatic rings. The Balaban J connectivity index is 1.42. The van der Waals surface area contributed by atoms with Crippen LogP contribution in [-0.4, -0.2) is 43.8 Å². The van der Waals surface area contributed by atoms with E-state index in [2.05, 4.69) is 16.4 Å². The summed E-state index contributed by atoms with van der Waals surface area (Å²) in [7, 11) is -2.11. The van der Waals surface area contributed by atoms with Crippen LogP contribution in [0.15, 0.2) is 53.6 Å². The van der Waals surface area contributed by atoms with E-state index in [1.54, 1.807) is 16.4 Å². The zero-order valence-corrected chi connectivity index (χ0v) is 19.8. The van der Waals surface area contributed by atoms with Crippen LogP contribution in [0.4, 0.5) is 5.69 Å². The number of amides is 1. The standard InChI is InChI=1S/C25H31N3O4S/c1-32-24-14-13-20(33(30,31)28-15-6-2-3-7-16-28)17-23(24)27-25(29)12-8-9-19-18-26-22-11-5-4-10-21(19)22/h4-5,10-11,13-14,17-18,26H,2-3,6-9,12,15-16H2,1H3,(H,27,29). The number of hydrogen-bond donors (Lipinski definition) is 2. The lowest BCUT2D eigenvalue weighted by molar-refractivity contribution is -0.116. The Morgan fingerprint density at radius 2 is 1.85 bits per heavy atom. The average Bonchev–Trinajstić information content (AvgIpc) is 3.02. The third-order valence-corrected chi connectivity index (χ3v) is 8.07. The molecule has 2 aromatic carbocycles. The number of carbonyl (C=O) groups excluding carboxylic acids is 1. The molecule has 0 aliphatic carbocycles. The van der Waals surface area contributed by atoms with Gasteiger partial charge in [0.1, 0.15) is 5.75 Å². The van der Waals surface area contributed by atoms with Gasteiger partial charge in [-0.25, -0.2) is 8.42 Å². The Labute approximate surface area is 195 Å². The van der Waals surface area contributed by atoms with Gasteiger partial charge in [0, 0.05) is 36.6 Å². The van der Waals surface area contributed by atoms with Crippen LogP contribution in [0.3, 0.4) is 0 Å². The molecule has 1 aromatic heterocycles. The van der Waals surface area contributed by atoms with Gasteiger partial charge in [-0.3, -0.25) is 4.79 Å². The van der Waals surface area contributed by atoms with Crippen LogP contribution in [-0.2, 0) is 21.2 Å². The van der Waals surface area contributed by atoms with Crippen molar-refractivity contribution in [1.82, 2.24) is 9.29 Å². The first-order valence-electron chi connectivity index (χ1n) is 11.5. The predicted octanol–water partition coefficient (Wildman–Crippen LogP) is 4.70. The van der Waals surface area contributed by atoms with Crippen molar-refractivity contribution in [2.75, 3.05) is 25.5 Å². The van der Waals surface area contributed by atoms with Gasteiger partial charge in [0.2, 0.25) is 15.9 Å². The molecule has 0 radical (unpaired) electrons. The van der Waals surface area contributed by atoms with Gasteiger partial charge < -0.3 is 15.0 Å². The molecule has 1 saturated heterocycles. The van der Waals surface area contributed by atoms with Crippen molar-refractivity contribution in [2.24, 2.45) is 0 Å². The van der Waals surface area contributed by atoms with Gasteiger partial charge in [-0.15, -0.1) is 0 Å². The summed E-state index contributed by atoms with van der Waals surface area (Å²) in [6.45, 7) is 1.06. The van der Waals surface area contributed by atoms with Crippen LogP contribution >= 0.6 is 0 Å². The molecular formula is C25H31N3O4S. The fraction of sp³-hybridized carbons (Fsp3) is 0.400. The van der Waals surface area contributed by atoms with E-state index in [9.17, 15) is 13.2 Å². The highest BCUT2D eigenvalue weighted by molar-refractivity contribution is 7.89. The molecule has 1 amide bonds. The first-order valence-corrected chi connectivity index (χ1v) is 13.0. The van der Waals surface area contributed by atoms with Gasteiger partial charge >= 0.3 is 0 Å². The molecule has 2 N–H and O–H groups in total. The minimum Gasteiger partial charge on any atom is -0.495 e. The monoisotopic (exact) mass is 469 g/mol. The lowest BCUT2D eigenvalue weighted by Crippen LogP contribution is -2.32. The molecule has 4 rings (SSSR count). The lowest BCUT2D eigenvalue weighted by atomic mass is 10.1. The van der Waals surface area contributed by atoms with E-state index in [0.717, 1.165) is 37.6 Å². The Bertz CT molecular complexity index is 1210. The number of aromatic nitrogens is 1. The summed E-state index contributed by atoms with van der Waals surface area (Å²) in [5, 5.41) is 4.02. The molecule has 0 unspecified atom stereocenters. The number of nitrogens with one attached hydrogen (secondary N) is 2. The molecule has 0 atom stereocenters. The molecular weight excluding hydrogens is 438 g/mol. The van der Waals surface area contributed by atoms with Crippen molar-refractivity contribution in [3.8, 4) is 5.75 Å². The third-order valence-electron chi connectivity index (χ3n) is 6.17. The largest absolute Gasteiger partial charge is 0.495 e. The number of rotatable bonds is 8. The molecule has 2 heterocycles. The second-order valence-electron chi connectivity index (χ2n) is 8.44. The molecule has 0 saturated carbocycles. The second-order valence-corrected chi connectivity index (χ2v) is 10.4. The highest BCUT2D eigenvalue weighted by Crippen LogP contribution is 2.30. The fourth-order valence-corrected chi connectivity index (χ4v) is 5.91. The maximum Gasteiger partial charge on any atom is 0.243 e. The van der Waals surface area contributed by atoms with Crippen molar-refractivity contribution in [3.05, 3.63) is 54.2 Å². The molecule has 176 valence electrons. The molecule has 3 aromatic rings. The van der Waals surface area contributed by atoms with Crippen molar-refractivity contribution >= 4 is 32.5 Å². The molecule has 1 aliphatic heterocycles. The number of para-hydroxylation sites is 1. The van der Waals surface area contributed by atoms with E-state index < -0.39 is 10.0 Å². The van der Waals surface area contributed by atoms with Gasteiger partial charge in [0.15, 0.2) is 0 Å². The smallest absolute Gasteiger partial charge is 0.243 e. The topological polar surface area (TPSA) is 91.5 Å². The zero-order valence-electron chi connectivity index (χ0n) is 19.0. The van der Waals surface area contributed by atoms with E-state index in [1.807, 2.05) is 24.4 Å². The number of benzene rings is 2. The van der Waals surface area contributed by atoms with Gasteiger partial charge in [-0.05, 0) is 55.5 Å². The van der Waals surface area contributed by atoms with Crippen LogP contribution in [0.1, 0.15) is 44.1 Å². The van der Waals surface area contributed by atoms with Gasteiger partial charge in [-0.1, -0.05) is 31.0 Å². The summed E-state index contributed by atoms with van der Waals surface area (Å²) in [5.74, 6) is 0.271. The number of aromatic amines is 1. The van der Waals surface area contributed by atoms with Gasteiger partial charge in [0.25, 0.3) is 0 Å². The number of ether oxygens (including phenoxy) is 1. The minimum atomic E-state index is -3.61. The maximum atomic E-state index is 13.2. The van der Waals surface area contributed by atoms with Crippen LogP contribution in [0.2, 0.25) is 0 Å². The summed E-state index contributed by atoms with van der Waals surface area (Å²) in [6, 6.07) is 12.8. The normalized spacial score (nSPS) is 15.3. The van der Waals surface area contributed by atoms with Crippen LogP contribution in [0.25, 0.3) is 10.9 Å². The Hall–Kier alpha value is -2.84. The van der Waals surface area contributed by atoms with Crippen molar-refractivity contribution < 1.29 is 17.9 Å². The van der Waals surface area contributed by atoms with Crippen molar-refractivity contribution in [2.45, 2.75) is 49.8 Å². The molecule has 7 nitrogen and oxygen atoms in total.